The molecule has 4 atom stereocenters. The summed E-state index contributed by atoms with van der Waals surface area (Å²) < 4.78 is 5.36. The number of carbonyl (C=O) groups is 2. The van der Waals surface area contributed by atoms with Gasteiger partial charge in [0.1, 0.15) is 5.60 Å². The second-order valence-electron chi connectivity index (χ2n) is 12.3. The Balaban J connectivity index is 1.38. The van der Waals surface area contributed by atoms with Gasteiger partial charge in [0.05, 0.1) is 24.4 Å². The molecular formula is C32H38Cl2N4O4. The van der Waals surface area contributed by atoms with E-state index in [1.807, 2.05) is 53.4 Å². The van der Waals surface area contributed by atoms with E-state index in [1.54, 1.807) is 25.8 Å². The smallest absolute Gasteiger partial charge is 0.407 e. The van der Waals surface area contributed by atoms with E-state index in [-0.39, 0.29) is 37.0 Å². The number of nitrogens with zero attached hydrogens (tertiary/aromatic N) is 3. The van der Waals surface area contributed by atoms with Gasteiger partial charge >= 0.3 is 6.09 Å². The summed E-state index contributed by atoms with van der Waals surface area (Å²) in [5.41, 5.74) is 3.47. The molecule has 0 radical (unpaired) electrons. The minimum absolute atomic E-state index is 0.0521. The maximum Gasteiger partial charge on any atom is 0.407 e. The molecule has 8 nitrogen and oxygen atoms in total. The minimum atomic E-state index is -0.613. The van der Waals surface area contributed by atoms with Gasteiger partial charge in [-0.2, -0.15) is 5.10 Å². The standard InChI is InChI=1S/C32H38Cl2N4O4/c1-32(2,3)42-31(41)35-17-25-16-26(39)18-37(25)19-28(40)38-30(21-9-13-24(34)14-10-21)27-6-4-5-22(29(27)36-38)15-20-7-11-23(33)12-8-20/h7-15,25-27,30,39H,4-6,16-19H2,1-3H3,(H,35,41)/b22-15-/t25-,26-,27?,30?/m1/s1. The molecule has 1 saturated heterocycles. The molecule has 1 saturated carbocycles. The van der Waals surface area contributed by atoms with Crippen molar-refractivity contribution in [3.05, 3.63) is 75.3 Å². The number of fused-ring (bicyclic) bond motifs is 1. The zero-order valence-corrected chi connectivity index (χ0v) is 25.7. The third kappa shape index (κ3) is 7.35. The highest BCUT2D eigenvalue weighted by Crippen LogP contribution is 2.44. The summed E-state index contributed by atoms with van der Waals surface area (Å²) in [5.74, 6) is -0.102. The summed E-state index contributed by atoms with van der Waals surface area (Å²) in [6.45, 7) is 6.09. The van der Waals surface area contributed by atoms with Crippen molar-refractivity contribution in [1.82, 2.24) is 15.2 Å². The number of hydrazone groups is 1. The van der Waals surface area contributed by atoms with Gasteiger partial charge < -0.3 is 15.2 Å². The van der Waals surface area contributed by atoms with E-state index >= 15 is 0 Å². The Morgan fingerprint density at radius 3 is 2.43 bits per heavy atom. The first kappa shape index (κ1) is 30.5. The summed E-state index contributed by atoms with van der Waals surface area (Å²) in [7, 11) is 0. The molecule has 1 aliphatic carbocycles. The monoisotopic (exact) mass is 612 g/mol. The molecule has 2 unspecified atom stereocenters. The number of amides is 2. The number of benzene rings is 2. The largest absolute Gasteiger partial charge is 0.444 e. The molecule has 0 spiro atoms. The summed E-state index contributed by atoms with van der Waals surface area (Å²) >= 11 is 12.3. The Morgan fingerprint density at radius 2 is 1.76 bits per heavy atom. The highest BCUT2D eigenvalue weighted by molar-refractivity contribution is 6.30. The Labute approximate surface area is 257 Å². The van der Waals surface area contributed by atoms with E-state index in [0.717, 1.165) is 41.7 Å². The quantitative estimate of drug-likeness (QED) is 0.412. The van der Waals surface area contributed by atoms with Crippen LogP contribution in [-0.2, 0) is 9.53 Å². The van der Waals surface area contributed by atoms with Crippen LogP contribution in [0.15, 0.2) is 59.2 Å². The number of rotatable bonds is 6. The van der Waals surface area contributed by atoms with E-state index in [0.29, 0.717) is 23.0 Å². The van der Waals surface area contributed by atoms with Crippen molar-refractivity contribution in [3.63, 3.8) is 0 Å². The SMILES string of the molecule is CC(C)(C)OC(=O)NC[C@H]1C[C@@H](O)CN1CC(=O)N1N=C2/C(=C\c3ccc(Cl)cc3)CCCC2C1c1ccc(Cl)cc1. The first-order valence-electron chi connectivity index (χ1n) is 14.5. The fourth-order valence-electron chi connectivity index (χ4n) is 6.09. The van der Waals surface area contributed by atoms with Gasteiger partial charge in [-0.1, -0.05) is 47.5 Å². The molecule has 224 valence electrons. The van der Waals surface area contributed by atoms with Crippen molar-refractivity contribution in [2.24, 2.45) is 11.0 Å². The van der Waals surface area contributed by atoms with Crippen LogP contribution in [-0.4, -0.2) is 70.1 Å². The molecular weight excluding hydrogens is 575 g/mol. The molecule has 10 heteroatoms. The normalized spacial score (nSPS) is 25.3. The van der Waals surface area contributed by atoms with Crippen LogP contribution in [0.1, 0.15) is 63.6 Å². The van der Waals surface area contributed by atoms with Gasteiger partial charge in [-0.05, 0) is 93.5 Å². The predicted molar refractivity (Wildman–Crippen MR) is 165 cm³/mol. The molecule has 2 amide bonds. The van der Waals surface area contributed by atoms with Crippen LogP contribution in [0.2, 0.25) is 10.0 Å². The lowest BCUT2D eigenvalue weighted by atomic mass is 9.77. The number of aliphatic hydroxyl groups excluding tert-OH is 1. The number of carbonyl (C=O) groups excluding carboxylic acids is 2. The predicted octanol–water partition coefficient (Wildman–Crippen LogP) is 6.08. The summed E-state index contributed by atoms with van der Waals surface area (Å²) in [6.07, 6.45) is 4.28. The molecule has 2 N–H and O–H groups in total. The Morgan fingerprint density at radius 1 is 1.10 bits per heavy atom. The number of halogens is 2. The molecule has 3 aliphatic rings. The van der Waals surface area contributed by atoms with Crippen LogP contribution in [0.5, 0.6) is 0 Å². The maximum atomic E-state index is 14.0. The summed E-state index contributed by atoms with van der Waals surface area (Å²) in [4.78, 5) is 28.2. The average molecular weight is 614 g/mol. The molecule has 5 rings (SSSR count). The first-order chi connectivity index (χ1) is 20.0. The third-order valence-electron chi connectivity index (χ3n) is 7.90. The first-order valence-corrected chi connectivity index (χ1v) is 15.2. The summed E-state index contributed by atoms with van der Waals surface area (Å²) in [6, 6.07) is 14.9. The van der Waals surface area contributed by atoms with Crippen LogP contribution < -0.4 is 5.32 Å². The van der Waals surface area contributed by atoms with Crippen molar-refractivity contribution < 1.29 is 19.4 Å². The molecule has 2 aliphatic heterocycles. The highest BCUT2D eigenvalue weighted by atomic mass is 35.5. The van der Waals surface area contributed by atoms with Gasteiger partial charge in [-0.3, -0.25) is 9.69 Å². The zero-order valence-electron chi connectivity index (χ0n) is 24.2. The van der Waals surface area contributed by atoms with Crippen molar-refractivity contribution in [3.8, 4) is 0 Å². The Kier molecular flexibility index (Phi) is 9.28. The fourth-order valence-corrected chi connectivity index (χ4v) is 6.34. The molecule has 0 aromatic heterocycles. The number of alkyl carbamates (subject to hydrolysis) is 1. The molecule has 2 aromatic carbocycles. The minimum Gasteiger partial charge on any atom is -0.444 e. The highest BCUT2D eigenvalue weighted by Gasteiger charge is 2.44. The van der Waals surface area contributed by atoms with E-state index in [1.165, 1.54) is 0 Å². The lowest BCUT2D eigenvalue weighted by Gasteiger charge is -2.31. The van der Waals surface area contributed by atoms with Crippen molar-refractivity contribution in [1.29, 1.82) is 0 Å². The number of likely N-dealkylation sites (tertiary alicyclic amines) is 1. The van der Waals surface area contributed by atoms with E-state index in [9.17, 15) is 14.7 Å². The number of β-amino-alcohol motifs (C(OH)–C–C–N with tert-alkyl or cyclic N) is 1. The van der Waals surface area contributed by atoms with Crippen LogP contribution in [0.3, 0.4) is 0 Å². The number of hydrogen-bond acceptors (Lipinski definition) is 6. The van der Waals surface area contributed by atoms with Crippen LogP contribution in [0.25, 0.3) is 6.08 Å². The third-order valence-corrected chi connectivity index (χ3v) is 8.41. The number of ether oxygens (including phenoxy) is 1. The van der Waals surface area contributed by atoms with Crippen molar-refractivity contribution in [2.75, 3.05) is 19.6 Å². The van der Waals surface area contributed by atoms with E-state index < -0.39 is 17.8 Å². The topological polar surface area (TPSA) is 94.5 Å². The van der Waals surface area contributed by atoms with E-state index in [2.05, 4.69) is 11.4 Å². The lowest BCUT2D eigenvalue weighted by Crippen LogP contribution is -2.46. The Hall–Kier alpha value is -2.91. The second kappa shape index (κ2) is 12.8. The van der Waals surface area contributed by atoms with Gasteiger partial charge in [-0.15, -0.1) is 0 Å². The lowest BCUT2D eigenvalue weighted by molar-refractivity contribution is -0.135. The molecule has 2 heterocycles. The molecule has 2 fully saturated rings. The summed E-state index contributed by atoms with van der Waals surface area (Å²) in [5, 5.41) is 21.2. The maximum absolute atomic E-state index is 14.0. The van der Waals surface area contributed by atoms with Gasteiger partial charge in [0, 0.05) is 35.1 Å². The number of allylic oxidation sites excluding steroid dienone is 1. The van der Waals surface area contributed by atoms with Gasteiger partial charge in [0.15, 0.2) is 0 Å². The van der Waals surface area contributed by atoms with Crippen LogP contribution >= 0.6 is 23.2 Å². The number of nitrogens with one attached hydrogen (secondary N) is 1. The number of hydrogen-bond donors (Lipinski definition) is 2. The zero-order chi connectivity index (χ0) is 30.0. The number of aliphatic hydroxyl groups is 1. The van der Waals surface area contributed by atoms with Gasteiger partial charge in [-0.25, -0.2) is 9.80 Å². The molecule has 0 bridgehead atoms. The second-order valence-corrected chi connectivity index (χ2v) is 13.2. The fraction of sp³-hybridized carbons (Fsp3) is 0.469. The van der Waals surface area contributed by atoms with Crippen LogP contribution in [0, 0.1) is 5.92 Å². The van der Waals surface area contributed by atoms with Crippen LogP contribution in [0.4, 0.5) is 4.79 Å². The molecule has 2 aromatic rings. The van der Waals surface area contributed by atoms with Gasteiger partial charge in [0.25, 0.3) is 5.91 Å². The van der Waals surface area contributed by atoms with Crippen molar-refractivity contribution >= 4 is 47.0 Å². The average Bonchev–Trinajstić information content (AvgIpc) is 3.49. The van der Waals surface area contributed by atoms with E-state index in [4.69, 9.17) is 33.0 Å². The van der Waals surface area contributed by atoms with Gasteiger partial charge in [0.2, 0.25) is 0 Å². The molecule has 42 heavy (non-hydrogen) atoms. The van der Waals surface area contributed by atoms with Crippen molar-refractivity contribution in [2.45, 2.75) is 70.2 Å². The Bertz CT molecular complexity index is 1350.